The molecule has 1 saturated heterocycles. The largest absolute Gasteiger partial charge is 0.494 e. The van der Waals surface area contributed by atoms with Crippen molar-refractivity contribution in [2.75, 3.05) is 0 Å². The number of halogens is 2. The quantitative estimate of drug-likeness (QED) is 0.592. The molecule has 0 amide bonds. The van der Waals surface area contributed by atoms with E-state index in [1.807, 2.05) is 27.7 Å². The number of pyridine rings is 1. The van der Waals surface area contributed by atoms with Crippen LogP contribution in [0.5, 0.6) is 0 Å². The van der Waals surface area contributed by atoms with Crippen LogP contribution in [0.3, 0.4) is 0 Å². The molecule has 2 heterocycles. The predicted octanol–water partition coefficient (Wildman–Crippen LogP) is 3.74. The summed E-state index contributed by atoms with van der Waals surface area (Å²) in [5.41, 5.74) is 0.625. The van der Waals surface area contributed by atoms with E-state index >= 15 is 0 Å². The molecule has 1 aromatic carbocycles. The number of aromatic nitrogens is 1. The van der Waals surface area contributed by atoms with E-state index in [9.17, 15) is 13.6 Å². The summed E-state index contributed by atoms with van der Waals surface area (Å²) < 4.78 is 37.5. The van der Waals surface area contributed by atoms with Crippen LogP contribution in [0, 0.1) is 0 Å². The van der Waals surface area contributed by atoms with Crippen molar-refractivity contribution >= 4 is 18.4 Å². The highest BCUT2D eigenvalue weighted by Crippen LogP contribution is 2.36. The molecule has 0 radical (unpaired) electrons. The number of hydrogen-bond donors (Lipinski definition) is 0. The highest BCUT2D eigenvalue weighted by atomic mass is 19.3. The molecule has 1 aromatic heterocycles. The smallest absolute Gasteiger partial charge is 0.399 e. The van der Waals surface area contributed by atoms with Crippen molar-refractivity contribution in [2.24, 2.45) is 0 Å². The lowest BCUT2D eigenvalue weighted by Gasteiger charge is -2.32. The lowest BCUT2D eigenvalue weighted by molar-refractivity contribution is 0.00578. The van der Waals surface area contributed by atoms with E-state index in [1.54, 1.807) is 24.3 Å². The van der Waals surface area contributed by atoms with Crippen molar-refractivity contribution in [1.82, 2.24) is 4.98 Å². The summed E-state index contributed by atoms with van der Waals surface area (Å²) in [7, 11) is -0.497. The van der Waals surface area contributed by atoms with E-state index in [0.717, 1.165) is 5.46 Å². The van der Waals surface area contributed by atoms with Gasteiger partial charge >= 0.3 is 7.12 Å². The molecule has 1 aliphatic heterocycles. The van der Waals surface area contributed by atoms with Gasteiger partial charge in [-0.1, -0.05) is 24.3 Å². The monoisotopic (exact) mass is 373 g/mol. The minimum Gasteiger partial charge on any atom is -0.399 e. The Morgan fingerprint density at radius 2 is 1.67 bits per heavy atom. The van der Waals surface area contributed by atoms with Gasteiger partial charge in [-0.3, -0.25) is 9.78 Å². The molecule has 1 aliphatic rings. The zero-order chi connectivity index (χ0) is 19.8. The maximum atomic E-state index is 12.8. The van der Waals surface area contributed by atoms with E-state index in [1.165, 1.54) is 18.3 Å². The highest BCUT2D eigenvalue weighted by molar-refractivity contribution is 6.62. The molecule has 0 atom stereocenters. The molecule has 2 aromatic rings. The van der Waals surface area contributed by atoms with Gasteiger partial charge in [0, 0.05) is 23.0 Å². The molecule has 3 rings (SSSR count). The van der Waals surface area contributed by atoms with Gasteiger partial charge in [0.2, 0.25) is 0 Å². The van der Waals surface area contributed by atoms with Crippen LogP contribution in [-0.2, 0) is 15.7 Å². The van der Waals surface area contributed by atoms with Crippen molar-refractivity contribution in [3.63, 3.8) is 0 Å². The third kappa shape index (κ3) is 4.09. The third-order valence-electron chi connectivity index (χ3n) is 5.19. The van der Waals surface area contributed by atoms with Gasteiger partial charge in [-0.2, -0.15) is 0 Å². The van der Waals surface area contributed by atoms with Crippen molar-refractivity contribution in [3.05, 3.63) is 59.4 Å². The van der Waals surface area contributed by atoms with Gasteiger partial charge < -0.3 is 9.31 Å². The summed E-state index contributed by atoms with van der Waals surface area (Å²) in [6, 6.07) is 9.48. The Balaban J connectivity index is 1.70. The average Bonchev–Trinajstić information content (AvgIpc) is 2.83. The van der Waals surface area contributed by atoms with E-state index in [4.69, 9.17) is 9.31 Å². The molecular weight excluding hydrogens is 351 g/mol. The van der Waals surface area contributed by atoms with Gasteiger partial charge in [0.1, 0.15) is 0 Å². The van der Waals surface area contributed by atoms with Crippen molar-refractivity contribution in [2.45, 2.75) is 51.7 Å². The molecular formula is C20H22BF2NO3. The lowest BCUT2D eigenvalue weighted by atomic mass is 9.78. The maximum Gasteiger partial charge on any atom is 0.494 e. The third-order valence-corrected chi connectivity index (χ3v) is 5.19. The van der Waals surface area contributed by atoms with Crippen LogP contribution < -0.4 is 5.46 Å². The molecule has 0 spiro atoms. The van der Waals surface area contributed by atoms with E-state index in [-0.39, 0.29) is 17.8 Å². The Labute approximate surface area is 158 Å². The Hall–Kier alpha value is -2.12. The van der Waals surface area contributed by atoms with E-state index < -0.39 is 24.7 Å². The van der Waals surface area contributed by atoms with Crippen LogP contribution in [-0.4, -0.2) is 29.1 Å². The number of Topliss-reactive ketones (excluding diaryl/α,β-unsaturated/α-hetero) is 1. The number of ketones is 1. The molecule has 1 fully saturated rings. The molecule has 27 heavy (non-hydrogen) atoms. The zero-order valence-corrected chi connectivity index (χ0v) is 15.8. The Bertz CT molecular complexity index is 821. The number of alkyl halides is 2. The standard InChI is InChI=1S/C20H22BF2NO3/c1-19(2)20(3,4)27-21(26-19)15-7-5-13(6-8-15)17(25)12-16-11-14(18(22)23)9-10-24-16/h5-11,18H,12H2,1-4H3. The fourth-order valence-corrected chi connectivity index (χ4v) is 2.80. The summed E-state index contributed by atoms with van der Waals surface area (Å²) in [5.74, 6) is -0.186. The molecule has 4 nitrogen and oxygen atoms in total. The minimum atomic E-state index is -2.58. The van der Waals surface area contributed by atoms with E-state index in [2.05, 4.69) is 4.98 Å². The second kappa shape index (κ2) is 7.13. The van der Waals surface area contributed by atoms with Gasteiger partial charge in [0.15, 0.2) is 5.78 Å². The molecule has 0 saturated carbocycles. The van der Waals surface area contributed by atoms with E-state index in [0.29, 0.717) is 11.3 Å². The Kier molecular flexibility index (Phi) is 5.19. The normalized spacial score (nSPS) is 18.1. The first-order valence-corrected chi connectivity index (χ1v) is 8.81. The molecule has 0 N–H and O–H groups in total. The van der Waals surface area contributed by atoms with Crippen molar-refractivity contribution in [1.29, 1.82) is 0 Å². The van der Waals surface area contributed by atoms with Gasteiger partial charge in [0.25, 0.3) is 6.43 Å². The number of rotatable bonds is 5. The Morgan fingerprint density at radius 1 is 1.07 bits per heavy atom. The predicted molar refractivity (Wildman–Crippen MR) is 99.4 cm³/mol. The summed E-state index contributed by atoms with van der Waals surface area (Å²) in [6.45, 7) is 7.91. The van der Waals surface area contributed by atoms with Gasteiger partial charge in [-0.15, -0.1) is 0 Å². The highest BCUT2D eigenvalue weighted by Gasteiger charge is 2.51. The van der Waals surface area contributed by atoms with Gasteiger partial charge in [-0.25, -0.2) is 8.78 Å². The lowest BCUT2D eigenvalue weighted by Crippen LogP contribution is -2.41. The fourth-order valence-electron chi connectivity index (χ4n) is 2.80. The fraction of sp³-hybridized carbons (Fsp3) is 0.400. The van der Waals surface area contributed by atoms with Gasteiger partial charge in [-0.05, 0) is 45.3 Å². The van der Waals surface area contributed by atoms with Gasteiger partial charge in [0.05, 0.1) is 17.6 Å². The molecule has 7 heteroatoms. The minimum absolute atomic E-state index is 0.0314. The second-order valence-electron chi connectivity index (χ2n) is 7.69. The van der Waals surface area contributed by atoms with Crippen LogP contribution in [0.25, 0.3) is 0 Å². The van der Waals surface area contributed by atoms with Crippen molar-refractivity contribution in [3.8, 4) is 0 Å². The second-order valence-corrected chi connectivity index (χ2v) is 7.69. The maximum absolute atomic E-state index is 12.8. The summed E-state index contributed by atoms with van der Waals surface area (Å²) in [6.07, 6.45) is -1.32. The first kappa shape index (κ1) is 19.6. The molecule has 0 aliphatic carbocycles. The molecule has 0 bridgehead atoms. The Morgan fingerprint density at radius 3 is 2.22 bits per heavy atom. The number of benzene rings is 1. The zero-order valence-electron chi connectivity index (χ0n) is 15.8. The van der Waals surface area contributed by atoms with Crippen LogP contribution in [0.4, 0.5) is 8.78 Å². The number of carbonyl (C=O) groups is 1. The summed E-state index contributed by atoms with van der Waals surface area (Å²) in [4.78, 5) is 16.4. The number of carbonyl (C=O) groups excluding carboxylic acids is 1. The summed E-state index contributed by atoms with van der Waals surface area (Å²) in [5, 5.41) is 0. The van der Waals surface area contributed by atoms with Crippen LogP contribution in [0.15, 0.2) is 42.6 Å². The summed E-state index contributed by atoms with van der Waals surface area (Å²) >= 11 is 0. The van der Waals surface area contributed by atoms with Crippen LogP contribution in [0.1, 0.15) is 55.7 Å². The number of nitrogens with zero attached hydrogens (tertiary/aromatic N) is 1. The molecule has 0 unspecified atom stereocenters. The number of hydrogen-bond acceptors (Lipinski definition) is 4. The topological polar surface area (TPSA) is 48.4 Å². The van der Waals surface area contributed by atoms with Crippen molar-refractivity contribution < 1.29 is 22.9 Å². The van der Waals surface area contributed by atoms with Crippen LogP contribution >= 0.6 is 0 Å². The first-order valence-electron chi connectivity index (χ1n) is 8.81. The average molecular weight is 373 g/mol. The SMILES string of the molecule is CC1(C)OB(c2ccc(C(=O)Cc3cc(C(F)F)ccn3)cc2)OC1(C)C. The van der Waals surface area contributed by atoms with Crippen LogP contribution in [0.2, 0.25) is 0 Å². The molecule has 142 valence electrons. The first-order chi connectivity index (χ1) is 12.6.